The maximum absolute atomic E-state index is 13.9. The van der Waals surface area contributed by atoms with E-state index in [0.29, 0.717) is 29.7 Å². The van der Waals surface area contributed by atoms with Gasteiger partial charge in [-0.1, -0.05) is 49.4 Å². The summed E-state index contributed by atoms with van der Waals surface area (Å²) in [5, 5.41) is 0.591. The minimum absolute atomic E-state index is 0.0926. The molecule has 38 heavy (non-hydrogen) atoms. The van der Waals surface area contributed by atoms with Crippen molar-refractivity contribution in [3.8, 4) is 5.75 Å². The van der Waals surface area contributed by atoms with Gasteiger partial charge in [0.2, 0.25) is 5.78 Å². The fraction of sp³-hybridized carbons (Fsp3) is 0.281. The van der Waals surface area contributed by atoms with Gasteiger partial charge in [0.25, 0.3) is 0 Å². The lowest BCUT2D eigenvalue weighted by Gasteiger charge is -2.29. The molecular weight excluding hydrogens is 480 g/mol. The second-order valence-electron chi connectivity index (χ2n) is 10.2. The molecule has 0 radical (unpaired) electrons. The van der Waals surface area contributed by atoms with Crippen LogP contribution in [0.25, 0.3) is 11.0 Å². The van der Waals surface area contributed by atoms with Gasteiger partial charge in [0, 0.05) is 16.5 Å². The molecule has 6 nitrogen and oxygen atoms in total. The van der Waals surface area contributed by atoms with Crippen LogP contribution < -0.4 is 10.4 Å². The number of rotatable bonds is 7. The average Bonchev–Trinajstić information content (AvgIpc) is 2.90. The Kier molecular flexibility index (Phi) is 6.53. The fourth-order valence-corrected chi connectivity index (χ4v) is 4.98. The molecule has 1 unspecified atom stereocenters. The Labute approximate surface area is 221 Å². The normalized spacial score (nSPS) is 14.4. The molecule has 4 aromatic rings. The molecule has 0 spiro atoms. The first-order chi connectivity index (χ1) is 18.1. The largest absolute Gasteiger partial charge is 0.490 e. The molecule has 6 heteroatoms. The Hall–Kier alpha value is -4.03. The number of benzene rings is 3. The van der Waals surface area contributed by atoms with Crippen molar-refractivity contribution in [3.63, 3.8) is 0 Å². The first-order valence-corrected chi connectivity index (χ1v) is 12.8. The number of fused-ring (bicyclic) bond motifs is 4. The summed E-state index contributed by atoms with van der Waals surface area (Å²) < 4.78 is 18.0. The van der Waals surface area contributed by atoms with Crippen LogP contribution in [0.1, 0.15) is 82.6 Å². The zero-order valence-electron chi connectivity index (χ0n) is 22.2. The number of carbonyl (C=O) groups is 2. The summed E-state index contributed by atoms with van der Waals surface area (Å²) in [5.41, 5.74) is 1.47. The molecule has 0 amide bonds. The van der Waals surface area contributed by atoms with Crippen molar-refractivity contribution in [2.45, 2.75) is 59.4 Å². The summed E-state index contributed by atoms with van der Waals surface area (Å²) in [6.45, 7) is 9.69. The molecule has 0 saturated carbocycles. The van der Waals surface area contributed by atoms with Crippen LogP contribution in [0.15, 0.2) is 69.9 Å². The maximum atomic E-state index is 13.9. The molecule has 1 aliphatic carbocycles. The molecule has 3 aromatic carbocycles. The highest BCUT2D eigenvalue weighted by molar-refractivity contribution is 6.32. The Morgan fingerprint density at radius 2 is 1.63 bits per heavy atom. The lowest BCUT2D eigenvalue weighted by atomic mass is 9.81. The first-order valence-electron chi connectivity index (χ1n) is 12.8. The van der Waals surface area contributed by atoms with Gasteiger partial charge in [-0.2, -0.15) is 0 Å². The van der Waals surface area contributed by atoms with E-state index < -0.39 is 17.0 Å². The summed E-state index contributed by atoms with van der Waals surface area (Å²) in [5.74, 6) is -0.363. The summed E-state index contributed by atoms with van der Waals surface area (Å²) in [4.78, 5) is 40.8. The zero-order valence-corrected chi connectivity index (χ0v) is 22.2. The van der Waals surface area contributed by atoms with E-state index in [1.165, 1.54) is 0 Å². The van der Waals surface area contributed by atoms with Crippen LogP contribution in [0, 0.1) is 6.92 Å². The standard InChI is InChI=1S/C32H30O6/c1-6-32(5,36-17-20-11-8-7-9-12-20)24-16-22-19(4)15-23-27(30(22)38-31(24)35)29(34)26-21(28(23)33)13-10-14-25(26)37-18(2)3/h7-16,18H,6,17H2,1-5H3. The van der Waals surface area contributed by atoms with Crippen LogP contribution in [0.2, 0.25) is 0 Å². The Morgan fingerprint density at radius 3 is 2.32 bits per heavy atom. The third-order valence-corrected chi connectivity index (χ3v) is 7.21. The highest BCUT2D eigenvalue weighted by Crippen LogP contribution is 2.39. The van der Waals surface area contributed by atoms with Crippen LogP contribution in [-0.2, 0) is 16.9 Å². The van der Waals surface area contributed by atoms with Gasteiger partial charge in [-0.3, -0.25) is 9.59 Å². The van der Waals surface area contributed by atoms with E-state index >= 15 is 0 Å². The molecule has 0 N–H and O–H groups in total. The van der Waals surface area contributed by atoms with Gasteiger partial charge in [-0.05, 0) is 63.4 Å². The molecule has 0 fully saturated rings. The molecule has 0 aliphatic heterocycles. The fourth-order valence-electron chi connectivity index (χ4n) is 4.98. The third-order valence-electron chi connectivity index (χ3n) is 7.21. The molecule has 194 valence electrons. The van der Waals surface area contributed by atoms with Gasteiger partial charge in [0.05, 0.1) is 35.0 Å². The average molecular weight is 511 g/mol. The lowest BCUT2D eigenvalue weighted by Crippen LogP contribution is -2.31. The molecule has 0 saturated heterocycles. The maximum Gasteiger partial charge on any atom is 0.342 e. The minimum atomic E-state index is -0.919. The van der Waals surface area contributed by atoms with E-state index in [1.54, 1.807) is 30.3 Å². The van der Waals surface area contributed by atoms with Crippen LogP contribution in [-0.4, -0.2) is 17.7 Å². The van der Waals surface area contributed by atoms with Gasteiger partial charge in [-0.15, -0.1) is 0 Å². The van der Waals surface area contributed by atoms with Gasteiger partial charge < -0.3 is 13.9 Å². The summed E-state index contributed by atoms with van der Waals surface area (Å²) in [6.07, 6.45) is 0.337. The van der Waals surface area contributed by atoms with Crippen molar-refractivity contribution >= 4 is 22.5 Å². The van der Waals surface area contributed by atoms with Crippen molar-refractivity contribution in [3.05, 3.63) is 110 Å². The predicted octanol–water partition coefficient (Wildman–Crippen LogP) is 6.51. The lowest BCUT2D eigenvalue weighted by molar-refractivity contribution is -0.0528. The van der Waals surface area contributed by atoms with Crippen molar-refractivity contribution in [2.24, 2.45) is 0 Å². The van der Waals surface area contributed by atoms with E-state index in [9.17, 15) is 14.4 Å². The van der Waals surface area contributed by atoms with E-state index in [2.05, 4.69) is 0 Å². The van der Waals surface area contributed by atoms with Crippen LogP contribution in [0.4, 0.5) is 0 Å². The second-order valence-corrected chi connectivity index (χ2v) is 10.2. The highest BCUT2D eigenvalue weighted by atomic mass is 16.5. The molecule has 1 aliphatic rings. The predicted molar refractivity (Wildman–Crippen MR) is 145 cm³/mol. The molecular formula is C32H30O6. The zero-order chi connectivity index (χ0) is 27.2. The summed E-state index contributed by atoms with van der Waals surface area (Å²) in [7, 11) is 0. The number of hydrogen-bond acceptors (Lipinski definition) is 6. The van der Waals surface area contributed by atoms with Crippen LogP contribution in [0.3, 0.4) is 0 Å². The van der Waals surface area contributed by atoms with Crippen molar-refractivity contribution in [1.82, 2.24) is 0 Å². The molecule has 1 atom stereocenters. The molecule has 0 bridgehead atoms. The van der Waals surface area contributed by atoms with E-state index in [4.69, 9.17) is 13.9 Å². The van der Waals surface area contributed by atoms with Crippen molar-refractivity contribution in [2.75, 3.05) is 0 Å². The third kappa shape index (κ3) is 4.25. The number of aryl methyl sites for hydroxylation is 1. The van der Waals surface area contributed by atoms with E-state index in [0.717, 1.165) is 11.1 Å². The molecule has 1 aromatic heterocycles. The van der Waals surface area contributed by atoms with Gasteiger partial charge >= 0.3 is 5.63 Å². The summed E-state index contributed by atoms with van der Waals surface area (Å²) >= 11 is 0. The number of ether oxygens (including phenoxy) is 2. The smallest absolute Gasteiger partial charge is 0.342 e. The highest BCUT2D eigenvalue weighted by Gasteiger charge is 2.37. The molecule has 5 rings (SSSR count). The van der Waals surface area contributed by atoms with E-state index in [-0.39, 0.29) is 39.7 Å². The Balaban J connectivity index is 1.66. The second kappa shape index (κ2) is 9.69. The topological polar surface area (TPSA) is 82.8 Å². The van der Waals surface area contributed by atoms with Gasteiger partial charge in [0.15, 0.2) is 11.4 Å². The van der Waals surface area contributed by atoms with Crippen molar-refractivity contribution < 1.29 is 23.5 Å². The first kappa shape index (κ1) is 25.6. The summed E-state index contributed by atoms with van der Waals surface area (Å²) in [6, 6.07) is 18.2. The Bertz CT molecular complexity index is 1630. The van der Waals surface area contributed by atoms with Gasteiger partial charge in [-0.25, -0.2) is 4.79 Å². The number of hydrogen-bond donors (Lipinski definition) is 0. The SMILES string of the molecule is CCC(C)(OCc1ccccc1)c1cc2c(C)cc3c(c2oc1=O)C(=O)c1c(OC(C)C)cccc1C3=O. The molecule has 1 heterocycles. The minimum Gasteiger partial charge on any atom is -0.490 e. The quantitative estimate of drug-likeness (QED) is 0.232. The van der Waals surface area contributed by atoms with Gasteiger partial charge in [0.1, 0.15) is 5.75 Å². The number of ketones is 2. The van der Waals surface area contributed by atoms with Crippen LogP contribution in [0.5, 0.6) is 5.75 Å². The number of carbonyl (C=O) groups excluding carboxylic acids is 2. The Morgan fingerprint density at radius 1 is 0.895 bits per heavy atom. The van der Waals surface area contributed by atoms with Crippen molar-refractivity contribution in [1.29, 1.82) is 0 Å². The van der Waals surface area contributed by atoms with Crippen LogP contribution >= 0.6 is 0 Å². The monoisotopic (exact) mass is 510 g/mol. The van der Waals surface area contributed by atoms with E-state index in [1.807, 2.05) is 65.0 Å².